The normalized spacial score (nSPS) is 18.7. The average Bonchev–Trinajstić information content (AvgIpc) is 2.56. The molecule has 0 amide bonds. The van der Waals surface area contributed by atoms with Crippen LogP contribution in [0.15, 0.2) is 41.5 Å². The van der Waals surface area contributed by atoms with Crippen molar-refractivity contribution in [2.75, 3.05) is 13.2 Å². The number of pyridine rings is 1. The van der Waals surface area contributed by atoms with Crippen molar-refractivity contribution in [1.29, 1.82) is 0 Å². The zero-order valence-electron chi connectivity index (χ0n) is 12.6. The Bertz CT molecular complexity index is 561. The Hall–Kier alpha value is -2.50. The first-order valence-electron chi connectivity index (χ1n) is 7.13. The van der Waals surface area contributed by atoms with Gasteiger partial charge >= 0.3 is 11.9 Å². The van der Waals surface area contributed by atoms with Gasteiger partial charge in [0.1, 0.15) is 6.04 Å². The standard InChI is InChI=1S/C16H18N2O4/c1-3-21-14(19)16(15(20)22-4-2)9-8-13(18-11-16)12-7-5-6-10-17-12/h5-11,13H,3-4H2,1-2H3. The molecule has 1 aliphatic heterocycles. The molecule has 0 radical (unpaired) electrons. The number of hydrogen-bond acceptors (Lipinski definition) is 6. The molecule has 6 heteroatoms. The maximum Gasteiger partial charge on any atom is 0.333 e. The number of nitrogens with zero attached hydrogens (tertiary/aromatic N) is 2. The number of rotatable bonds is 5. The van der Waals surface area contributed by atoms with Crippen molar-refractivity contribution in [2.24, 2.45) is 10.4 Å². The van der Waals surface area contributed by atoms with Crippen LogP contribution in [-0.4, -0.2) is 36.4 Å². The fraction of sp³-hybridized carbons (Fsp3) is 0.375. The van der Waals surface area contributed by atoms with Gasteiger partial charge in [-0.15, -0.1) is 0 Å². The average molecular weight is 302 g/mol. The predicted octanol–water partition coefficient (Wildman–Crippen LogP) is 1.88. The summed E-state index contributed by atoms with van der Waals surface area (Å²) in [6.45, 7) is 3.70. The summed E-state index contributed by atoms with van der Waals surface area (Å²) >= 11 is 0. The molecule has 0 aliphatic carbocycles. The fourth-order valence-corrected chi connectivity index (χ4v) is 2.09. The van der Waals surface area contributed by atoms with Gasteiger partial charge in [0.15, 0.2) is 0 Å². The first kappa shape index (κ1) is 15.9. The second kappa shape index (κ2) is 6.98. The van der Waals surface area contributed by atoms with Crippen molar-refractivity contribution >= 4 is 18.2 Å². The summed E-state index contributed by atoms with van der Waals surface area (Å²) in [5.41, 5.74) is -0.881. The summed E-state index contributed by atoms with van der Waals surface area (Å²) in [5, 5.41) is 0. The molecule has 6 nitrogen and oxygen atoms in total. The third-order valence-corrected chi connectivity index (χ3v) is 3.20. The molecule has 2 heterocycles. The molecule has 0 N–H and O–H groups in total. The van der Waals surface area contributed by atoms with Crippen molar-refractivity contribution in [3.63, 3.8) is 0 Å². The van der Waals surface area contributed by atoms with E-state index in [1.165, 1.54) is 12.3 Å². The van der Waals surface area contributed by atoms with Crippen LogP contribution in [0.3, 0.4) is 0 Å². The molecule has 0 saturated carbocycles. The lowest BCUT2D eigenvalue weighted by Gasteiger charge is -2.25. The van der Waals surface area contributed by atoms with Crippen LogP contribution in [0.5, 0.6) is 0 Å². The van der Waals surface area contributed by atoms with Crippen LogP contribution in [0, 0.1) is 5.41 Å². The minimum atomic E-state index is -1.61. The lowest BCUT2D eigenvalue weighted by molar-refractivity contribution is -0.162. The molecule has 116 valence electrons. The summed E-state index contributed by atoms with van der Waals surface area (Å²) in [6, 6.07) is 5.15. The number of esters is 2. The van der Waals surface area contributed by atoms with Gasteiger partial charge < -0.3 is 9.47 Å². The largest absolute Gasteiger partial charge is 0.465 e. The fourth-order valence-electron chi connectivity index (χ4n) is 2.09. The van der Waals surface area contributed by atoms with Gasteiger partial charge in [0.05, 0.1) is 18.9 Å². The van der Waals surface area contributed by atoms with E-state index in [2.05, 4.69) is 9.98 Å². The maximum absolute atomic E-state index is 12.2. The number of aromatic nitrogens is 1. The number of aliphatic imine (C=N–C) groups is 1. The Morgan fingerprint density at radius 2 is 1.86 bits per heavy atom. The zero-order valence-corrected chi connectivity index (χ0v) is 12.6. The number of hydrogen-bond donors (Lipinski definition) is 0. The summed E-state index contributed by atoms with van der Waals surface area (Å²) in [6.07, 6.45) is 6.10. The summed E-state index contributed by atoms with van der Waals surface area (Å²) < 4.78 is 9.99. The second-order valence-corrected chi connectivity index (χ2v) is 4.65. The molecule has 1 atom stereocenters. The molecule has 22 heavy (non-hydrogen) atoms. The van der Waals surface area contributed by atoms with Crippen LogP contribution in [0.2, 0.25) is 0 Å². The van der Waals surface area contributed by atoms with Crippen LogP contribution >= 0.6 is 0 Å². The quantitative estimate of drug-likeness (QED) is 0.471. The highest BCUT2D eigenvalue weighted by Crippen LogP contribution is 2.30. The third-order valence-electron chi connectivity index (χ3n) is 3.20. The molecule has 0 aromatic carbocycles. The summed E-state index contributed by atoms with van der Waals surface area (Å²) in [5.74, 6) is -1.37. The van der Waals surface area contributed by atoms with E-state index in [1.807, 2.05) is 12.1 Å². The highest BCUT2D eigenvalue weighted by molar-refractivity contribution is 6.17. The van der Waals surface area contributed by atoms with Crippen molar-refractivity contribution in [3.8, 4) is 0 Å². The molecule has 0 bridgehead atoms. The number of dihydropyridines is 1. The molecule has 0 spiro atoms. The van der Waals surface area contributed by atoms with Crippen LogP contribution < -0.4 is 0 Å². The van der Waals surface area contributed by atoms with Crippen LogP contribution in [0.25, 0.3) is 0 Å². The Labute approximate surface area is 128 Å². The molecule has 0 fully saturated rings. The van der Waals surface area contributed by atoms with E-state index in [-0.39, 0.29) is 19.3 Å². The first-order valence-corrected chi connectivity index (χ1v) is 7.13. The number of carbonyl (C=O) groups is 2. The van der Waals surface area contributed by atoms with Crippen LogP contribution in [0.1, 0.15) is 25.6 Å². The molecule has 1 unspecified atom stereocenters. The zero-order chi connectivity index (χ0) is 16.0. The van der Waals surface area contributed by atoms with E-state index in [0.29, 0.717) is 0 Å². The summed E-state index contributed by atoms with van der Waals surface area (Å²) in [7, 11) is 0. The maximum atomic E-state index is 12.2. The van der Waals surface area contributed by atoms with Gasteiger partial charge in [0.2, 0.25) is 5.41 Å². The van der Waals surface area contributed by atoms with E-state index in [4.69, 9.17) is 9.47 Å². The molecule has 1 aromatic rings. The van der Waals surface area contributed by atoms with Gasteiger partial charge in [0.25, 0.3) is 0 Å². The topological polar surface area (TPSA) is 77.9 Å². The van der Waals surface area contributed by atoms with E-state index in [0.717, 1.165) is 5.69 Å². The van der Waals surface area contributed by atoms with Crippen molar-refractivity contribution in [3.05, 3.63) is 42.2 Å². The smallest absolute Gasteiger partial charge is 0.333 e. The van der Waals surface area contributed by atoms with Gasteiger partial charge in [-0.2, -0.15) is 0 Å². The summed E-state index contributed by atoms with van der Waals surface area (Å²) in [4.78, 5) is 32.9. The first-order chi connectivity index (χ1) is 10.6. The van der Waals surface area contributed by atoms with E-state index in [1.54, 1.807) is 32.2 Å². The van der Waals surface area contributed by atoms with Crippen molar-refractivity contribution in [1.82, 2.24) is 4.98 Å². The Kier molecular flexibility index (Phi) is 5.04. The monoisotopic (exact) mass is 302 g/mol. The van der Waals surface area contributed by atoms with E-state index >= 15 is 0 Å². The Balaban J connectivity index is 2.29. The molecular formula is C16H18N2O4. The van der Waals surface area contributed by atoms with E-state index < -0.39 is 17.4 Å². The minimum absolute atomic E-state index is 0.172. The Morgan fingerprint density at radius 1 is 1.18 bits per heavy atom. The molecule has 1 aliphatic rings. The van der Waals surface area contributed by atoms with Crippen molar-refractivity contribution in [2.45, 2.75) is 19.9 Å². The Morgan fingerprint density at radius 3 is 2.32 bits per heavy atom. The highest BCUT2D eigenvalue weighted by Gasteiger charge is 2.47. The third kappa shape index (κ3) is 3.05. The molecule has 1 aromatic heterocycles. The highest BCUT2D eigenvalue weighted by atomic mass is 16.6. The van der Waals surface area contributed by atoms with Crippen LogP contribution in [0.4, 0.5) is 0 Å². The SMILES string of the molecule is CCOC(=O)C1(C(=O)OCC)C=CC(c2ccccn2)N=C1. The minimum Gasteiger partial charge on any atom is -0.465 e. The number of ether oxygens (including phenoxy) is 2. The van der Waals surface area contributed by atoms with Crippen molar-refractivity contribution < 1.29 is 19.1 Å². The molecule has 2 rings (SSSR count). The van der Waals surface area contributed by atoms with Gasteiger partial charge in [-0.3, -0.25) is 19.6 Å². The number of carbonyl (C=O) groups excluding carboxylic acids is 2. The van der Waals surface area contributed by atoms with Gasteiger partial charge in [0, 0.05) is 12.4 Å². The second-order valence-electron chi connectivity index (χ2n) is 4.65. The van der Waals surface area contributed by atoms with Gasteiger partial charge in [-0.1, -0.05) is 18.2 Å². The lowest BCUT2D eigenvalue weighted by atomic mass is 9.86. The molecular weight excluding hydrogens is 284 g/mol. The van der Waals surface area contributed by atoms with E-state index in [9.17, 15) is 9.59 Å². The van der Waals surface area contributed by atoms with Crippen LogP contribution in [-0.2, 0) is 19.1 Å². The predicted molar refractivity (Wildman–Crippen MR) is 80.3 cm³/mol. The lowest BCUT2D eigenvalue weighted by Crippen LogP contribution is -2.43. The van der Waals surface area contributed by atoms with Gasteiger partial charge in [-0.05, 0) is 26.0 Å². The molecule has 0 saturated heterocycles. The van der Waals surface area contributed by atoms with Gasteiger partial charge in [-0.25, -0.2) is 0 Å².